The zero-order valence-corrected chi connectivity index (χ0v) is 16.0. The molecule has 0 saturated carbocycles. The van der Waals surface area contributed by atoms with E-state index in [1.165, 1.54) is 11.0 Å². The molecule has 0 aliphatic carbocycles. The van der Waals surface area contributed by atoms with Crippen molar-refractivity contribution < 1.29 is 19.0 Å². The number of benzene rings is 2. The number of carbonyl (C=O) groups is 1. The van der Waals surface area contributed by atoms with Crippen LogP contribution in [0, 0.1) is 17.1 Å². The van der Waals surface area contributed by atoms with Crippen LogP contribution in [-0.2, 0) is 11.3 Å². The first-order chi connectivity index (χ1) is 13.0. The highest BCUT2D eigenvalue weighted by atomic mass is 79.9. The van der Waals surface area contributed by atoms with Gasteiger partial charge in [0.2, 0.25) is 0 Å². The van der Waals surface area contributed by atoms with Gasteiger partial charge in [0.15, 0.2) is 0 Å². The third-order valence-corrected chi connectivity index (χ3v) is 4.81. The number of nitriles is 1. The molecule has 3 rings (SSSR count). The molecule has 0 saturated heterocycles. The summed E-state index contributed by atoms with van der Waals surface area (Å²) in [6.07, 6.45) is 0. The van der Waals surface area contributed by atoms with Crippen LogP contribution < -0.4 is 0 Å². The number of ether oxygens (including phenoxy) is 1. The molecule has 0 spiro atoms. The minimum Gasteiger partial charge on any atom is -0.480 e. The van der Waals surface area contributed by atoms with Crippen molar-refractivity contribution in [2.45, 2.75) is 19.5 Å². The number of aliphatic hydroxyl groups excluding tert-OH is 1. The largest absolute Gasteiger partial charge is 0.480 e. The molecule has 2 aromatic rings. The summed E-state index contributed by atoms with van der Waals surface area (Å²) >= 11 is 3.21. The minimum absolute atomic E-state index is 0.0537. The van der Waals surface area contributed by atoms with Crippen LogP contribution in [0.4, 0.5) is 4.39 Å². The number of hydrogen-bond acceptors (Lipinski definition) is 4. The minimum atomic E-state index is -0.853. The Kier molecular flexibility index (Phi) is 5.47. The molecular formula is C20H16BrFN2O3. The lowest BCUT2D eigenvalue weighted by molar-refractivity contribution is 0.0698. The fourth-order valence-corrected chi connectivity index (χ4v) is 3.45. The molecule has 0 radical (unpaired) electrons. The van der Waals surface area contributed by atoms with Crippen LogP contribution in [0.15, 0.2) is 58.5 Å². The third kappa shape index (κ3) is 3.53. The van der Waals surface area contributed by atoms with E-state index < -0.39 is 17.8 Å². The average Bonchev–Trinajstić information content (AvgIpc) is 2.91. The normalized spacial score (nSPS) is 16.6. The van der Waals surface area contributed by atoms with E-state index in [1.54, 1.807) is 43.3 Å². The highest BCUT2D eigenvalue weighted by Crippen LogP contribution is 2.40. The second-order valence-electron chi connectivity index (χ2n) is 5.92. The van der Waals surface area contributed by atoms with Crippen molar-refractivity contribution in [2.24, 2.45) is 0 Å². The number of halogens is 2. The number of aliphatic hydroxyl groups is 1. The molecule has 1 amide bonds. The third-order valence-electron chi connectivity index (χ3n) is 4.32. The Labute approximate surface area is 164 Å². The Morgan fingerprint density at radius 1 is 1.37 bits per heavy atom. The number of hydrogen-bond donors (Lipinski definition) is 1. The molecule has 7 heteroatoms. The standard InChI is InChI=1S/C20H16BrFN2O3/c1-2-27-20(26)16(10-23)18-14-5-3-4-6-15(14)19(25)24(18)11-12-7-8-13(21)9-17(12)22/h3-9,18,26H,2,11H2,1H3/b20-16-. The van der Waals surface area contributed by atoms with E-state index in [1.807, 2.05) is 6.07 Å². The van der Waals surface area contributed by atoms with Crippen LogP contribution >= 0.6 is 15.9 Å². The molecule has 138 valence electrons. The van der Waals surface area contributed by atoms with Gasteiger partial charge in [0.1, 0.15) is 23.5 Å². The Bertz CT molecular complexity index is 968. The summed E-state index contributed by atoms with van der Waals surface area (Å²) in [5.74, 6) is -1.34. The van der Waals surface area contributed by atoms with Crippen molar-refractivity contribution in [1.82, 2.24) is 4.90 Å². The van der Waals surface area contributed by atoms with Crippen LogP contribution in [0.25, 0.3) is 0 Å². The van der Waals surface area contributed by atoms with E-state index in [9.17, 15) is 19.6 Å². The monoisotopic (exact) mass is 430 g/mol. The first-order valence-corrected chi connectivity index (χ1v) is 9.07. The van der Waals surface area contributed by atoms with Gasteiger partial charge >= 0.3 is 0 Å². The number of rotatable bonds is 5. The summed E-state index contributed by atoms with van der Waals surface area (Å²) in [4.78, 5) is 14.3. The fourth-order valence-electron chi connectivity index (χ4n) is 3.12. The van der Waals surface area contributed by atoms with Crippen LogP contribution in [0.1, 0.15) is 34.5 Å². The molecule has 1 aliphatic heterocycles. The van der Waals surface area contributed by atoms with Gasteiger partial charge in [0, 0.05) is 22.1 Å². The molecule has 0 aromatic heterocycles. The molecule has 1 N–H and O–H groups in total. The highest BCUT2D eigenvalue weighted by molar-refractivity contribution is 9.10. The van der Waals surface area contributed by atoms with Gasteiger partial charge < -0.3 is 14.7 Å². The lowest BCUT2D eigenvalue weighted by Crippen LogP contribution is -2.29. The highest BCUT2D eigenvalue weighted by Gasteiger charge is 2.41. The maximum atomic E-state index is 14.3. The summed E-state index contributed by atoms with van der Waals surface area (Å²) in [6, 6.07) is 12.5. The quantitative estimate of drug-likeness (QED) is 0.554. The lowest BCUT2D eigenvalue weighted by Gasteiger charge is -2.25. The molecule has 0 fully saturated rings. The summed E-state index contributed by atoms with van der Waals surface area (Å²) < 4.78 is 20.0. The summed E-state index contributed by atoms with van der Waals surface area (Å²) in [5.41, 5.74) is 1.20. The fraction of sp³-hybridized carbons (Fsp3) is 0.200. The van der Waals surface area contributed by atoms with Crippen molar-refractivity contribution in [3.05, 3.63) is 81.0 Å². The Morgan fingerprint density at radius 3 is 2.78 bits per heavy atom. The number of carbonyl (C=O) groups excluding carboxylic acids is 1. The summed E-state index contributed by atoms with van der Waals surface area (Å²) in [7, 11) is 0. The van der Waals surface area contributed by atoms with Crippen molar-refractivity contribution in [3.8, 4) is 6.07 Å². The molecule has 1 atom stereocenters. The van der Waals surface area contributed by atoms with E-state index in [0.29, 0.717) is 21.2 Å². The topological polar surface area (TPSA) is 73.6 Å². The van der Waals surface area contributed by atoms with Crippen LogP contribution in [0.5, 0.6) is 0 Å². The van der Waals surface area contributed by atoms with Gasteiger partial charge in [0.05, 0.1) is 6.61 Å². The van der Waals surface area contributed by atoms with E-state index in [0.717, 1.165) is 0 Å². The van der Waals surface area contributed by atoms with Gasteiger partial charge in [-0.2, -0.15) is 5.26 Å². The van der Waals surface area contributed by atoms with E-state index in [4.69, 9.17) is 4.74 Å². The second kappa shape index (κ2) is 7.80. The van der Waals surface area contributed by atoms with E-state index in [2.05, 4.69) is 15.9 Å². The van der Waals surface area contributed by atoms with Crippen LogP contribution in [-0.4, -0.2) is 22.5 Å². The van der Waals surface area contributed by atoms with Crippen LogP contribution in [0.2, 0.25) is 0 Å². The predicted octanol–water partition coefficient (Wildman–Crippen LogP) is 4.61. The number of nitrogens with zero attached hydrogens (tertiary/aromatic N) is 2. The van der Waals surface area contributed by atoms with Crippen molar-refractivity contribution in [3.63, 3.8) is 0 Å². The van der Waals surface area contributed by atoms with Gasteiger partial charge in [-0.15, -0.1) is 0 Å². The van der Waals surface area contributed by atoms with E-state index in [-0.39, 0.29) is 24.6 Å². The first-order valence-electron chi connectivity index (χ1n) is 8.27. The zero-order valence-electron chi connectivity index (χ0n) is 14.4. The van der Waals surface area contributed by atoms with E-state index >= 15 is 0 Å². The summed E-state index contributed by atoms with van der Waals surface area (Å²) in [6.45, 7) is 1.79. The first kappa shape index (κ1) is 18.9. The Hall–Kier alpha value is -2.85. The number of amides is 1. The Morgan fingerprint density at radius 2 is 2.11 bits per heavy atom. The van der Waals surface area contributed by atoms with Gasteiger partial charge in [0.25, 0.3) is 11.9 Å². The average molecular weight is 431 g/mol. The second-order valence-corrected chi connectivity index (χ2v) is 6.84. The van der Waals surface area contributed by atoms with Gasteiger partial charge in [-0.25, -0.2) is 4.39 Å². The molecule has 1 heterocycles. The maximum absolute atomic E-state index is 14.3. The molecular weight excluding hydrogens is 415 g/mol. The van der Waals surface area contributed by atoms with Crippen LogP contribution in [0.3, 0.4) is 0 Å². The number of fused-ring (bicyclic) bond motifs is 1. The molecule has 5 nitrogen and oxygen atoms in total. The molecule has 1 unspecified atom stereocenters. The van der Waals surface area contributed by atoms with Gasteiger partial charge in [-0.05, 0) is 30.7 Å². The summed E-state index contributed by atoms with van der Waals surface area (Å²) in [5, 5.41) is 19.8. The smallest absolute Gasteiger partial charge is 0.293 e. The zero-order chi connectivity index (χ0) is 19.6. The van der Waals surface area contributed by atoms with Gasteiger partial charge in [-0.1, -0.05) is 40.2 Å². The van der Waals surface area contributed by atoms with Crippen molar-refractivity contribution in [2.75, 3.05) is 6.61 Å². The predicted molar refractivity (Wildman–Crippen MR) is 100 cm³/mol. The van der Waals surface area contributed by atoms with Gasteiger partial charge in [-0.3, -0.25) is 4.79 Å². The van der Waals surface area contributed by atoms with Crippen molar-refractivity contribution >= 4 is 21.8 Å². The molecule has 27 heavy (non-hydrogen) atoms. The van der Waals surface area contributed by atoms with Crippen molar-refractivity contribution in [1.29, 1.82) is 5.26 Å². The molecule has 2 aromatic carbocycles. The maximum Gasteiger partial charge on any atom is 0.293 e. The molecule has 0 bridgehead atoms. The lowest BCUT2D eigenvalue weighted by atomic mass is 9.99. The molecule has 1 aliphatic rings. The Balaban J connectivity index is 2.09. The SMILES string of the molecule is CCO/C(O)=C(/C#N)C1c2ccccc2C(=O)N1Cc1ccc(Br)cc1F.